The van der Waals surface area contributed by atoms with Gasteiger partial charge in [-0.15, -0.1) is 0 Å². The number of amides is 3. The summed E-state index contributed by atoms with van der Waals surface area (Å²) in [6, 6.07) is 8.28. The summed E-state index contributed by atoms with van der Waals surface area (Å²) >= 11 is 0. The Morgan fingerprint density at radius 2 is 1.43 bits per heavy atom. The van der Waals surface area contributed by atoms with Gasteiger partial charge in [-0.05, 0) is 37.5 Å². The molecule has 0 aromatic heterocycles. The molecule has 1 atom stereocenters. The van der Waals surface area contributed by atoms with Crippen LogP contribution in [0.5, 0.6) is 0 Å². The summed E-state index contributed by atoms with van der Waals surface area (Å²) in [5, 5.41) is 11.7. The van der Waals surface area contributed by atoms with Crippen molar-refractivity contribution in [1.29, 1.82) is 0 Å². The van der Waals surface area contributed by atoms with E-state index < -0.39 is 0 Å². The van der Waals surface area contributed by atoms with Gasteiger partial charge in [-0.1, -0.05) is 73.3 Å². The van der Waals surface area contributed by atoms with Gasteiger partial charge in [0.25, 0.3) is 0 Å². The van der Waals surface area contributed by atoms with Crippen molar-refractivity contribution in [2.24, 2.45) is 5.92 Å². The summed E-state index contributed by atoms with van der Waals surface area (Å²) < 4.78 is 22.3. The Morgan fingerprint density at radius 3 is 2.09 bits per heavy atom. The first-order valence-electron chi connectivity index (χ1n) is 15.5. The molecule has 1 aromatic rings. The van der Waals surface area contributed by atoms with Crippen molar-refractivity contribution >= 4 is 33.5 Å². The lowest BCUT2D eigenvalue weighted by Crippen LogP contribution is -2.36. The number of unbranched alkanes of at least 4 members (excludes halogenated alkanes) is 1. The minimum absolute atomic E-state index is 0.0301. The fourth-order valence-corrected chi connectivity index (χ4v) is 5.29. The molecule has 0 bridgehead atoms. The average Bonchev–Trinajstić information content (AvgIpc) is 2.98. The van der Waals surface area contributed by atoms with E-state index >= 15 is 0 Å². The predicted molar refractivity (Wildman–Crippen MR) is 181 cm³/mol. The lowest BCUT2D eigenvalue weighted by Gasteiger charge is -2.12. The minimum atomic E-state index is -0.193. The Hall–Kier alpha value is -1.98. The Morgan fingerprint density at radius 1 is 0.773 bits per heavy atom. The number of carbonyl (C=O) groups is 2. The third-order valence-corrected chi connectivity index (χ3v) is 8.26. The molecule has 0 heterocycles. The Bertz CT molecular complexity index is 941. The molecule has 0 aliphatic carbocycles. The van der Waals surface area contributed by atoms with Crippen LogP contribution in [-0.2, 0) is 30.2 Å². The molecular weight excluding hydrogens is 601 g/mol. The molecule has 1 aromatic carbocycles. The molecule has 0 saturated heterocycles. The minimum Gasteiger partial charge on any atom is -0.378 e. The fraction of sp³-hybridized carbons (Fsp3) is 0.688. The molecule has 0 unspecified atom stereocenters. The van der Waals surface area contributed by atoms with Gasteiger partial charge in [-0.25, -0.2) is 4.79 Å². The molecule has 12 heteroatoms. The number of benzene rings is 1. The zero-order valence-corrected chi connectivity index (χ0v) is 28.8. The van der Waals surface area contributed by atoms with Gasteiger partial charge < -0.3 is 40.2 Å². The summed E-state index contributed by atoms with van der Waals surface area (Å²) in [6.07, 6.45) is 2.05. The molecule has 44 heavy (non-hydrogen) atoms. The largest absolute Gasteiger partial charge is 0.378 e. The highest BCUT2D eigenvalue weighted by Crippen LogP contribution is 2.34. The van der Waals surface area contributed by atoms with E-state index in [-0.39, 0.29) is 17.4 Å². The molecule has 1 rings (SSSR count). The van der Waals surface area contributed by atoms with Gasteiger partial charge in [0.15, 0.2) is 0 Å². The maximum atomic E-state index is 12.2. The van der Waals surface area contributed by atoms with E-state index in [0.29, 0.717) is 84.3 Å². The van der Waals surface area contributed by atoms with E-state index in [2.05, 4.69) is 47.0 Å². The number of urea groups is 1. The van der Waals surface area contributed by atoms with Gasteiger partial charge in [0.1, 0.15) is 5.44 Å². The zero-order valence-electron chi connectivity index (χ0n) is 27.2. The number of nitrogens with one attached hydrogen (secondary N) is 4. The predicted octanol–water partition coefficient (Wildman–Crippen LogP) is 4.23. The van der Waals surface area contributed by atoms with Crippen LogP contribution in [0, 0.1) is 17.8 Å². The zero-order chi connectivity index (χ0) is 32.3. The van der Waals surface area contributed by atoms with Gasteiger partial charge in [0.05, 0.1) is 52.6 Å². The second-order valence-corrected chi connectivity index (χ2v) is 13.1. The Balaban J connectivity index is 2.00. The molecule has 0 aliphatic heterocycles. The first kappa shape index (κ1) is 40.0. The third-order valence-electron chi connectivity index (χ3n) is 5.62. The smallest absolute Gasteiger partial charge is 0.315 e. The molecule has 0 aliphatic rings. The summed E-state index contributed by atoms with van der Waals surface area (Å²) in [7, 11) is 3.30. The number of carbonyl (C=O) groups excluding carboxylic acids is 2. The van der Waals surface area contributed by atoms with Crippen molar-refractivity contribution in [3.8, 4) is 11.8 Å². The third kappa shape index (κ3) is 25.4. The van der Waals surface area contributed by atoms with Crippen molar-refractivity contribution in [2.75, 3.05) is 72.4 Å². The molecule has 0 saturated carbocycles. The van der Waals surface area contributed by atoms with Crippen molar-refractivity contribution in [1.82, 2.24) is 21.3 Å². The van der Waals surface area contributed by atoms with Gasteiger partial charge >= 0.3 is 6.03 Å². The second-order valence-electron chi connectivity index (χ2n) is 10.5. The molecule has 4 N–H and O–H groups in total. The van der Waals surface area contributed by atoms with E-state index in [4.69, 9.17) is 18.9 Å². The van der Waals surface area contributed by atoms with Gasteiger partial charge in [0.2, 0.25) is 5.91 Å². The maximum absolute atomic E-state index is 12.2. The molecule has 10 nitrogen and oxygen atoms in total. The monoisotopic (exact) mass is 654 g/mol. The van der Waals surface area contributed by atoms with Crippen molar-refractivity contribution < 1.29 is 28.5 Å². The summed E-state index contributed by atoms with van der Waals surface area (Å²) in [5.41, 5.74) is 0.995. The van der Waals surface area contributed by atoms with Crippen LogP contribution in [0.3, 0.4) is 0 Å². The van der Waals surface area contributed by atoms with Crippen LogP contribution in [0.25, 0.3) is 0 Å². The lowest BCUT2D eigenvalue weighted by atomic mass is 10.1. The quantitative estimate of drug-likeness (QED) is 0.0532. The van der Waals surface area contributed by atoms with E-state index in [9.17, 15) is 9.59 Å². The first-order chi connectivity index (χ1) is 21.3. The van der Waals surface area contributed by atoms with E-state index in [1.165, 1.54) is 0 Å². The highest BCUT2D eigenvalue weighted by molar-refractivity contribution is 8.76. The number of hydrogen-bond acceptors (Lipinski definition) is 9. The highest BCUT2D eigenvalue weighted by Gasteiger charge is 2.07. The van der Waals surface area contributed by atoms with Crippen LogP contribution in [0.2, 0.25) is 0 Å². The molecule has 250 valence electrons. The van der Waals surface area contributed by atoms with Crippen LogP contribution in [0.1, 0.15) is 53.0 Å². The molecule has 0 spiro atoms. The molecule has 0 radical (unpaired) electrons. The van der Waals surface area contributed by atoms with Crippen LogP contribution in [-0.4, -0.2) is 95.8 Å². The van der Waals surface area contributed by atoms with E-state index in [0.717, 1.165) is 29.8 Å². The van der Waals surface area contributed by atoms with Crippen LogP contribution in [0.4, 0.5) is 4.79 Å². The summed E-state index contributed by atoms with van der Waals surface area (Å²) in [6.45, 7) is 16.4. The normalized spacial score (nSPS) is 11.7. The fourth-order valence-electron chi connectivity index (χ4n) is 3.41. The SMILES string of the molecule is CC(C)C#CCNC(=O)NCCCCO[C@@H](C)SSc1ccc(CC(=O)NCCOCCOCCOCCNC(C)C)cc1. The van der Waals surface area contributed by atoms with Crippen LogP contribution in [0.15, 0.2) is 29.2 Å². The Labute approximate surface area is 273 Å². The van der Waals surface area contributed by atoms with Crippen molar-refractivity contribution in [3.63, 3.8) is 0 Å². The first-order valence-corrected chi connectivity index (χ1v) is 17.7. The maximum Gasteiger partial charge on any atom is 0.315 e. The van der Waals surface area contributed by atoms with Gasteiger partial charge in [-0.3, -0.25) is 4.79 Å². The molecular formula is C32H54N4O6S2. The van der Waals surface area contributed by atoms with Gasteiger partial charge in [-0.2, -0.15) is 0 Å². The lowest BCUT2D eigenvalue weighted by molar-refractivity contribution is -0.120. The Kier molecular flexibility index (Phi) is 24.9. The topological polar surface area (TPSA) is 119 Å². The highest BCUT2D eigenvalue weighted by atomic mass is 33.1. The van der Waals surface area contributed by atoms with Crippen molar-refractivity contribution in [3.05, 3.63) is 29.8 Å². The second kappa shape index (κ2) is 27.3. The summed E-state index contributed by atoms with van der Waals surface area (Å²) in [4.78, 5) is 25.0. The van der Waals surface area contributed by atoms with E-state index in [1.807, 2.05) is 45.0 Å². The van der Waals surface area contributed by atoms with Gasteiger partial charge in [0, 0.05) is 43.1 Å². The van der Waals surface area contributed by atoms with Crippen LogP contribution < -0.4 is 21.3 Å². The molecule has 0 fully saturated rings. The number of hydrogen-bond donors (Lipinski definition) is 4. The number of ether oxygens (including phenoxy) is 4. The standard InChI is InChI=1S/C32H54N4O6S2/c1-26(2)9-8-15-36-32(38)35-14-6-7-18-42-28(5)43-44-30-12-10-29(11-13-30)25-31(37)34-17-20-40-22-24-41-23-21-39-19-16-33-27(3)4/h10-13,26-28,33H,6-7,14-25H2,1-5H3,(H,34,37)(H2,35,36,38)/t28-/m1/s1. The molecule has 3 amide bonds. The average molecular weight is 655 g/mol. The van der Waals surface area contributed by atoms with Crippen molar-refractivity contribution in [2.45, 2.75) is 70.3 Å². The number of rotatable bonds is 25. The van der Waals surface area contributed by atoms with E-state index in [1.54, 1.807) is 21.6 Å². The van der Waals surface area contributed by atoms with Crippen LogP contribution >= 0.6 is 21.6 Å². The summed E-state index contributed by atoms with van der Waals surface area (Å²) in [5.74, 6) is 6.20.